The first-order valence-corrected chi connectivity index (χ1v) is 11.8. The zero-order valence-electron chi connectivity index (χ0n) is 19.1. The van der Waals surface area contributed by atoms with Crippen LogP contribution in [0.3, 0.4) is 0 Å². The third-order valence-corrected chi connectivity index (χ3v) is 6.68. The van der Waals surface area contributed by atoms with Gasteiger partial charge in [-0.15, -0.1) is 35.3 Å². The second-order valence-electron chi connectivity index (χ2n) is 8.00. The lowest BCUT2D eigenvalue weighted by molar-refractivity contribution is 0.245. The maximum atomic E-state index is 5.45. The van der Waals surface area contributed by atoms with Gasteiger partial charge in [0.05, 0.1) is 23.9 Å². The molecule has 1 aromatic heterocycles. The molecule has 0 aliphatic carbocycles. The number of methoxy groups -OCH3 is 1. The highest BCUT2D eigenvalue weighted by Gasteiger charge is 2.24. The number of guanidine groups is 1. The van der Waals surface area contributed by atoms with Gasteiger partial charge in [0, 0.05) is 37.9 Å². The Balaban J connectivity index is 0.00000341. The monoisotopic (exact) mass is 557 g/mol. The van der Waals surface area contributed by atoms with E-state index in [9.17, 15) is 0 Å². The Morgan fingerprint density at radius 2 is 2.03 bits per heavy atom. The van der Waals surface area contributed by atoms with Crippen LogP contribution in [-0.2, 0) is 6.42 Å². The fourth-order valence-electron chi connectivity index (χ4n) is 3.79. The van der Waals surface area contributed by atoms with E-state index in [1.165, 1.54) is 23.4 Å². The topological polar surface area (TPSA) is 61.8 Å². The van der Waals surface area contributed by atoms with E-state index in [0.29, 0.717) is 12.0 Å². The number of aromatic nitrogens is 1. The fraction of sp³-hybridized carbons (Fsp3) is 0.565. The first-order valence-electron chi connectivity index (χ1n) is 10.9. The average molecular weight is 558 g/mol. The third kappa shape index (κ3) is 7.61. The van der Waals surface area contributed by atoms with Crippen LogP contribution < -0.4 is 15.4 Å². The molecule has 2 heterocycles. The Bertz CT molecular complexity index is 820. The predicted molar refractivity (Wildman–Crippen MR) is 141 cm³/mol. The molecule has 1 aromatic carbocycles. The molecule has 1 saturated heterocycles. The Hall–Kier alpha value is -1.39. The molecule has 1 unspecified atom stereocenters. The molecule has 1 fully saturated rings. The summed E-state index contributed by atoms with van der Waals surface area (Å²) < 4.78 is 5.45. The Labute approximate surface area is 207 Å². The van der Waals surface area contributed by atoms with Crippen molar-refractivity contribution in [3.63, 3.8) is 0 Å². The van der Waals surface area contributed by atoms with E-state index < -0.39 is 0 Å². The molecule has 8 heteroatoms. The van der Waals surface area contributed by atoms with Gasteiger partial charge in [-0.25, -0.2) is 4.98 Å². The molecule has 172 valence electrons. The molecule has 0 spiro atoms. The predicted octanol–water partition coefficient (Wildman–Crippen LogP) is 4.44. The lowest BCUT2D eigenvalue weighted by atomic mass is 10.1. The van der Waals surface area contributed by atoms with Crippen LogP contribution in [0.15, 0.2) is 34.6 Å². The van der Waals surface area contributed by atoms with Gasteiger partial charge in [-0.3, -0.25) is 9.89 Å². The zero-order valence-corrected chi connectivity index (χ0v) is 22.2. The summed E-state index contributed by atoms with van der Waals surface area (Å²) in [6, 6.07) is 8.71. The normalized spacial score (nSPS) is 15.6. The molecule has 1 aliphatic heterocycles. The van der Waals surface area contributed by atoms with Crippen molar-refractivity contribution in [1.82, 2.24) is 20.5 Å². The van der Waals surface area contributed by atoms with Crippen molar-refractivity contribution in [2.45, 2.75) is 45.1 Å². The lowest BCUT2D eigenvalue weighted by Gasteiger charge is -2.29. The lowest BCUT2D eigenvalue weighted by Crippen LogP contribution is -2.43. The number of hydrogen-bond donors (Lipinski definition) is 2. The van der Waals surface area contributed by atoms with Gasteiger partial charge < -0.3 is 15.4 Å². The largest absolute Gasteiger partial charge is 0.497 e. The Kier molecular flexibility index (Phi) is 11.0. The van der Waals surface area contributed by atoms with Crippen LogP contribution >= 0.6 is 35.3 Å². The zero-order chi connectivity index (χ0) is 21.3. The molecule has 3 rings (SSSR count). The van der Waals surface area contributed by atoms with Gasteiger partial charge >= 0.3 is 0 Å². The van der Waals surface area contributed by atoms with Crippen molar-refractivity contribution in [1.29, 1.82) is 0 Å². The smallest absolute Gasteiger partial charge is 0.191 e. The molecule has 31 heavy (non-hydrogen) atoms. The van der Waals surface area contributed by atoms with Crippen molar-refractivity contribution >= 4 is 41.3 Å². The standard InChI is InChI=1S/C23H35N5OS.HI/c1-17(2)22-27-19(16-30-22)10-11-25-23(24-3)26-15-21(28-12-5-6-13-28)18-8-7-9-20(14-18)29-4;/h7-9,14,16-17,21H,5-6,10-13,15H2,1-4H3,(H2,24,25,26);1H. The molecule has 0 amide bonds. The number of hydrogen-bond acceptors (Lipinski definition) is 5. The SMILES string of the molecule is CN=C(NCCc1csc(C(C)C)n1)NCC(c1cccc(OC)c1)N1CCCC1.I. The van der Waals surface area contributed by atoms with E-state index in [0.717, 1.165) is 50.0 Å². The maximum absolute atomic E-state index is 5.45. The van der Waals surface area contributed by atoms with Crippen LogP contribution in [0.2, 0.25) is 0 Å². The minimum absolute atomic E-state index is 0. The number of rotatable bonds is 9. The van der Waals surface area contributed by atoms with E-state index in [4.69, 9.17) is 9.72 Å². The van der Waals surface area contributed by atoms with Gasteiger partial charge in [0.15, 0.2) is 5.96 Å². The van der Waals surface area contributed by atoms with Crippen molar-refractivity contribution in [3.05, 3.63) is 45.9 Å². The first-order chi connectivity index (χ1) is 14.6. The van der Waals surface area contributed by atoms with Gasteiger partial charge in [-0.05, 0) is 43.6 Å². The quantitative estimate of drug-likeness (QED) is 0.271. The number of benzene rings is 1. The number of thiazole rings is 1. The summed E-state index contributed by atoms with van der Waals surface area (Å²) in [5.41, 5.74) is 2.43. The molecule has 6 nitrogen and oxygen atoms in total. The van der Waals surface area contributed by atoms with E-state index in [1.807, 2.05) is 13.1 Å². The number of nitrogens with zero attached hydrogens (tertiary/aromatic N) is 3. The van der Waals surface area contributed by atoms with Crippen molar-refractivity contribution in [3.8, 4) is 5.75 Å². The van der Waals surface area contributed by atoms with E-state index in [-0.39, 0.29) is 24.0 Å². The molecule has 0 radical (unpaired) electrons. The summed E-state index contributed by atoms with van der Waals surface area (Å²) in [7, 11) is 3.55. The molecule has 0 bridgehead atoms. The average Bonchev–Trinajstić information content (AvgIpc) is 3.45. The second-order valence-corrected chi connectivity index (χ2v) is 8.89. The molecule has 0 saturated carbocycles. The summed E-state index contributed by atoms with van der Waals surface area (Å²) in [6.07, 6.45) is 3.42. The van der Waals surface area contributed by atoms with Gasteiger partial charge in [-0.2, -0.15) is 0 Å². The highest BCUT2D eigenvalue weighted by atomic mass is 127. The van der Waals surface area contributed by atoms with Crippen LogP contribution in [0.1, 0.15) is 54.9 Å². The first kappa shape index (κ1) is 25.9. The molecular weight excluding hydrogens is 521 g/mol. The third-order valence-electron chi connectivity index (χ3n) is 5.48. The van der Waals surface area contributed by atoms with Gasteiger partial charge in [-0.1, -0.05) is 26.0 Å². The van der Waals surface area contributed by atoms with E-state index in [1.54, 1.807) is 18.4 Å². The summed E-state index contributed by atoms with van der Waals surface area (Å²) >= 11 is 1.75. The maximum Gasteiger partial charge on any atom is 0.191 e. The van der Waals surface area contributed by atoms with Crippen molar-refractivity contribution in [2.75, 3.05) is 40.3 Å². The summed E-state index contributed by atoms with van der Waals surface area (Å²) in [6.45, 7) is 8.27. The Morgan fingerprint density at radius 1 is 1.26 bits per heavy atom. The second kappa shape index (κ2) is 13.2. The summed E-state index contributed by atoms with van der Waals surface area (Å²) in [4.78, 5) is 11.7. The summed E-state index contributed by atoms with van der Waals surface area (Å²) in [5, 5.41) is 10.3. The molecule has 2 aromatic rings. The van der Waals surface area contributed by atoms with Gasteiger partial charge in [0.1, 0.15) is 5.75 Å². The van der Waals surface area contributed by atoms with E-state index >= 15 is 0 Å². The van der Waals surface area contributed by atoms with Crippen molar-refractivity contribution < 1.29 is 4.74 Å². The van der Waals surface area contributed by atoms with Gasteiger partial charge in [0.25, 0.3) is 0 Å². The van der Waals surface area contributed by atoms with E-state index in [2.05, 4.69) is 58.0 Å². The van der Waals surface area contributed by atoms with Gasteiger partial charge in [0.2, 0.25) is 0 Å². The van der Waals surface area contributed by atoms with Crippen LogP contribution in [0.4, 0.5) is 0 Å². The minimum atomic E-state index is 0. The highest BCUT2D eigenvalue weighted by molar-refractivity contribution is 14.0. The number of nitrogens with one attached hydrogen (secondary N) is 2. The number of likely N-dealkylation sites (tertiary alicyclic amines) is 1. The number of halogens is 1. The Morgan fingerprint density at radius 3 is 2.68 bits per heavy atom. The molecule has 2 N–H and O–H groups in total. The van der Waals surface area contributed by atoms with Crippen molar-refractivity contribution in [2.24, 2.45) is 4.99 Å². The van der Waals surface area contributed by atoms with Crippen LogP contribution in [-0.4, -0.2) is 56.2 Å². The number of aliphatic imine (C=N–C) groups is 1. The highest BCUT2D eigenvalue weighted by Crippen LogP contribution is 2.27. The molecule has 1 atom stereocenters. The van der Waals surface area contributed by atoms with Crippen LogP contribution in [0.5, 0.6) is 5.75 Å². The number of ether oxygens (including phenoxy) is 1. The molecule has 1 aliphatic rings. The molecular formula is C23H36IN5OS. The fourth-order valence-corrected chi connectivity index (χ4v) is 4.65. The summed E-state index contributed by atoms with van der Waals surface area (Å²) in [5.74, 6) is 2.23. The van der Waals surface area contributed by atoms with Crippen LogP contribution in [0, 0.1) is 0 Å². The van der Waals surface area contributed by atoms with Crippen LogP contribution in [0.25, 0.3) is 0 Å². The minimum Gasteiger partial charge on any atom is -0.497 e.